The molecule has 0 aliphatic rings. The fourth-order valence-electron chi connectivity index (χ4n) is 1.88. The topological polar surface area (TPSA) is 50.7 Å². The van der Waals surface area contributed by atoms with E-state index in [1.807, 2.05) is 12.1 Å². The number of amides is 1. The highest BCUT2D eigenvalue weighted by Gasteiger charge is 2.02. The highest BCUT2D eigenvalue weighted by molar-refractivity contribution is 6.30. The Bertz CT molecular complexity index is 682. The Morgan fingerprint density at radius 1 is 1.26 bits per heavy atom. The summed E-state index contributed by atoms with van der Waals surface area (Å²) in [5.74, 6) is 0.699. The normalized spacial score (nSPS) is 11.0. The number of ether oxygens (including phenoxy) is 1. The molecule has 0 saturated carbocycles. The van der Waals surface area contributed by atoms with E-state index in [0.717, 1.165) is 5.56 Å². The Hall–Kier alpha value is -2.33. The van der Waals surface area contributed by atoms with Crippen LogP contribution in [0.3, 0.4) is 0 Å². The predicted octanol–water partition coefficient (Wildman–Crippen LogP) is 3.99. The van der Waals surface area contributed by atoms with E-state index in [-0.39, 0.29) is 12.5 Å². The summed E-state index contributed by atoms with van der Waals surface area (Å²) in [4.78, 5) is 11.7. The van der Waals surface area contributed by atoms with Crippen molar-refractivity contribution in [2.75, 3.05) is 6.61 Å². The summed E-state index contributed by atoms with van der Waals surface area (Å²) in [7, 11) is 0. The van der Waals surface area contributed by atoms with Gasteiger partial charge in [-0.3, -0.25) is 4.79 Å². The third-order valence-corrected chi connectivity index (χ3v) is 3.41. The number of hydrazone groups is 1. The molecule has 0 atom stereocenters. The highest BCUT2D eigenvalue weighted by Crippen LogP contribution is 2.16. The Balaban J connectivity index is 1.79. The summed E-state index contributed by atoms with van der Waals surface area (Å²) in [6, 6.07) is 14.9. The third kappa shape index (κ3) is 5.75. The van der Waals surface area contributed by atoms with Crippen molar-refractivity contribution in [3.05, 3.63) is 64.7 Å². The van der Waals surface area contributed by atoms with Crippen LogP contribution in [-0.4, -0.2) is 18.7 Å². The molecule has 5 heteroatoms. The van der Waals surface area contributed by atoms with E-state index < -0.39 is 0 Å². The second-order valence-electron chi connectivity index (χ2n) is 5.36. The Morgan fingerprint density at radius 2 is 2.00 bits per heavy atom. The van der Waals surface area contributed by atoms with Gasteiger partial charge >= 0.3 is 0 Å². The quantitative estimate of drug-likeness (QED) is 0.643. The number of nitrogens with zero attached hydrogens (tertiary/aromatic N) is 1. The van der Waals surface area contributed by atoms with Gasteiger partial charge in [0.2, 0.25) is 0 Å². The zero-order valence-corrected chi connectivity index (χ0v) is 13.9. The SMILES string of the molecule is CC(C)c1ccc(/C=N/NC(=O)COc2cccc(Cl)c2)cc1. The number of rotatable bonds is 6. The van der Waals surface area contributed by atoms with Gasteiger partial charge in [-0.15, -0.1) is 0 Å². The van der Waals surface area contributed by atoms with Gasteiger partial charge in [0.05, 0.1) is 6.21 Å². The zero-order valence-electron chi connectivity index (χ0n) is 13.1. The monoisotopic (exact) mass is 330 g/mol. The van der Waals surface area contributed by atoms with Crippen molar-refractivity contribution in [2.24, 2.45) is 5.10 Å². The van der Waals surface area contributed by atoms with Crippen LogP contribution in [0.1, 0.15) is 30.9 Å². The number of carbonyl (C=O) groups excluding carboxylic acids is 1. The summed E-state index contributed by atoms with van der Waals surface area (Å²) < 4.78 is 5.32. The molecular formula is C18H19ClN2O2. The molecule has 2 rings (SSSR count). The van der Waals surface area contributed by atoms with E-state index in [4.69, 9.17) is 16.3 Å². The van der Waals surface area contributed by atoms with Crippen LogP contribution in [0.2, 0.25) is 5.02 Å². The van der Waals surface area contributed by atoms with Gasteiger partial charge in [0, 0.05) is 5.02 Å². The molecule has 1 N–H and O–H groups in total. The minimum atomic E-state index is -0.333. The number of hydrogen-bond donors (Lipinski definition) is 1. The van der Waals surface area contributed by atoms with Crippen LogP contribution >= 0.6 is 11.6 Å². The maximum absolute atomic E-state index is 11.7. The Morgan fingerprint density at radius 3 is 2.65 bits per heavy atom. The number of nitrogens with one attached hydrogen (secondary N) is 1. The molecule has 0 saturated heterocycles. The van der Waals surface area contributed by atoms with Crippen LogP contribution in [0.5, 0.6) is 5.75 Å². The molecule has 0 aliphatic heterocycles. The first-order chi connectivity index (χ1) is 11.0. The lowest BCUT2D eigenvalue weighted by atomic mass is 10.0. The molecule has 0 radical (unpaired) electrons. The van der Waals surface area contributed by atoms with E-state index in [0.29, 0.717) is 16.7 Å². The summed E-state index contributed by atoms with van der Waals surface area (Å²) in [5, 5.41) is 4.48. The van der Waals surface area contributed by atoms with E-state index in [2.05, 4.69) is 36.5 Å². The van der Waals surface area contributed by atoms with Crippen LogP contribution in [0, 0.1) is 0 Å². The van der Waals surface area contributed by atoms with Gasteiger partial charge < -0.3 is 4.74 Å². The van der Waals surface area contributed by atoms with Crippen molar-refractivity contribution >= 4 is 23.7 Å². The lowest BCUT2D eigenvalue weighted by Gasteiger charge is -2.05. The average molecular weight is 331 g/mol. The van der Waals surface area contributed by atoms with Gasteiger partial charge in [-0.05, 0) is 35.2 Å². The molecule has 0 fully saturated rings. The first kappa shape index (κ1) is 17.0. The fourth-order valence-corrected chi connectivity index (χ4v) is 2.06. The highest BCUT2D eigenvalue weighted by atomic mass is 35.5. The molecule has 0 spiro atoms. The third-order valence-electron chi connectivity index (χ3n) is 3.17. The standard InChI is InChI=1S/C18H19ClN2O2/c1-13(2)15-8-6-14(7-9-15)11-20-21-18(22)12-23-17-5-3-4-16(19)10-17/h3-11,13H,12H2,1-2H3,(H,21,22)/b20-11+. The lowest BCUT2D eigenvalue weighted by Crippen LogP contribution is -2.24. The smallest absolute Gasteiger partial charge is 0.277 e. The fraction of sp³-hybridized carbons (Fsp3) is 0.222. The van der Waals surface area contributed by atoms with Crippen molar-refractivity contribution in [2.45, 2.75) is 19.8 Å². The maximum Gasteiger partial charge on any atom is 0.277 e. The van der Waals surface area contributed by atoms with Crippen LogP contribution in [0.4, 0.5) is 0 Å². The van der Waals surface area contributed by atoms with Crippen molar-refractivity contribution < 1.29 is 9.53 Å². The number of halogens is 1. The molecule has 0 heterocycles. The lowest BCUT2D eigenvalue weighted by molar-refractivity contribution is -0.123. The van der Waals surface area contributed by atoms with Gasteiger partial charge in [0.1, 0.15) is 5.75 Å². The second kappa shape index (κ2) is 8.34. The molecule has 23 heavy (non-hydrogen) atoms. The van der Waals surface area contributed by atoms with Gasteiger partial charge in [-0.1, -0.05) is 55.8 Å². The number of carbonyl (C=O) groups is 1. The van der Waals surface area contributed by atoms with Crippen molar-refractivity contribution in [3.63, 3.8) is 0 Å². The zero-order chi connectivity index (χ0) is 16.7. The van der Waals surface area contributed by atoms with Gasteiger partial charge in [-0.2, -0.15) is 5.10 Å². The van der Waals surface area contributed by atoms with E-state index in [1.165, 1.54) is 5.56 Å². The average Bonchev–Trinajstić information content (AvgIpc) is 2.53. The molecule has 0 bridgehead atoms. The van der Waals surface area contributed by atoms with Gasteiger partial charge in [-0.25, -0.2) is 5.43 Å². The van der Waals surface area contributed by atoms with Crippen LogP contribution in [0.15, 0.2) is 53.6 Å². The second-order valence-corrected chi connectivity index (χ2v) is 5.80. The largest absolute Gasteiger partial charge is 0.484 e. The minimum absolute atomic E-state index is 0.121. The minimum Gasteiger partial charge on any atom is -0.484 e. The Kier molecular flexibility index (Phi) is 6.18. The number of benzene rings is 2. The molecule has 0 aliphatic carbocycles. The maximum atomic E-state index is 11.7. The van der Waals surface area contributed by atoms with Crippen LogP contribution < -0.4 is 10.2 Å². The summed E-state index contributed by atoms with van der Waals surface area (Å²) >= 11 is 5.84. The van der Waals surface area contributed by atoms with E-state index in [1.54, 1.807) is 30.5 Å². The summed E-state index contributed by atoms with van der Waals surface area (Å²) in [5.41, 5.74) is 4.61. The van der Waals surface area contributed by atoms with Gasteiger partial charge in [0.25, 0.3) is 5.91 Å². The van der Waals surface area contributed by atoms with Crippen molar-refractivity contribution in [3.8, 4) is 5.75 Å². The molecule has 120 valence electrons. The van der Waals surface area contributed by atoms with Gasteiger partial charge in [0.15, 0.2) is 6.61 Å². The Labute approximate surface area is 141 Å². The predicted molar refractivity (Wildman–Crippen MR) is 93.2 cm³/mol. The van der Waals surface area contributed by atoms with Crippen LogP contribution in [-0.2, 0) is 4.79 Å². The molecule has 0 aromatic heterocycles. The number of hydrogen-bond acceptors (Lipinski definition) is 3. The summed E-state index contributed by atoms with van der Waals surface area (Å²) in [6.07, 6.45) is 1.60. The first-order valence-electron chi connectivity index (χ1n) is 7.35. The van der Waals surface area contributed by atoms with Crippen molar-refractivity contribution in [1.29, 1.82) is 0 Å². The molecule has 2 aromatic rings. The first-order valence-corrected chi connectivity index (χ1v) is 7.72. The molecule has 2 aromatic carbocycles. The summed E-state index contributed by atoms with van der Waals surface area (Å²) in [6.45, 7) is 4.16. The molecule has 1 amide bonds. The molecular weight excluding hydrogens is 312 g/mol. The van der Waals surface area contributed by atoms with Crippen molar-refractivity contribution in [1.82, 2.24) is 5.43 Å². The molecule has 4 nitrogen and oxygen atoms in total. The van der Waals surface area contributed by atoms with E-state index >= 15 is 0 Å². The van der Waals surface area contributed by atoms with Crippen LogP contribution in [0.25, 0.3) is 0 Å². The van der Waals surface area contributed by atoms with E-state index in [9.17, 15) is 4.79 Å². The molecule has 0 unspecified atom stereocenters.